The van der Waals surface area contributed by atoms with Gasteiger partial charge in [0.1, 0.15) is 5.78 Å². The molecule has 3 heterocycles. The number of fused-ring (bicyclic) bond motifs is 1. The van der Waals surface area contributed by atoms with E-state index in [1.165, 1.54) is 6.92 Å². The van der Waals surface area contributed by atoms with Gasteiger partial charge in [-0.25, -0.2) is 0 Å². The number of nitro groups is 1. The van der Waals surface area contributed by atoms with Crippen LogP contribution in [0.15, 0.2) is 29.8 Å². The number of aliphatic hydroxyl groups excluding tert-OH is 1. The normalized spacial score (nSPS) is 25.9. The molecule has 1 saturated heterocycles. The van der Waals surface area contributed by atoms with E-state index < -0.39 is 16.9 Å². The first-order chi connectivity index (χ1) is 12.3. The van der Waals surface area contributed by atoms with Gasteiger partial charge in [-0.1, -0.05) is 6.07 Å². The van der Waals surface area contributed by atoms with Gasteiger partial charge in [0.05, 0.1) is 10.8 Å². The molecule has 1 aromatic rings. The zero-order valence-electron chi connectivity index (χ0n) is 15.3. The van der Waals surface area contributed by atoms with Crippen LogP contribution in [0.2, 0.25) is 0 Å². The minimum atomic E-state index is -1.40. The number of nitrogens with zero attached hydrogens (tertiary/aromatic N) is 4. The topological polar surface area (TPSA) is 99.8 Å². The van der Waals surface area contributed by atoms with Crippen LogP contribution in [0.5, 0.6) is 0 Å². The van der Waals surface area contributed by atoms with Crippen molar-refractivity contribution in [1.82, 2.24) is 14.8 Å². The predicted molar refractivity (Wildman–Crippen MR) is 94.4 cm³/mol. The van der Waals surface area contributed by atoms with Crippen molar-refractivity contribution in [3.05, 3.63) is 51.2 Å². The molecule has 0 aromatic carbocycles. The summed E-state index contributed by atoms with van der Waals surface area (Å²) in [6.45, 7) is 6.96. The van der Waals surface area contributed by atoms with Crippen molar-refractivity contribution in [2.24, 2.45) is 5.92 Å². The lowest BCUT2D eigenvalue weighted by atomic mass is 9.90. The summed E-state index contributed by atoms with van der Waals surface area (Å²) in [6, 6.07) is 3.79. The van der Waals surface area contributed by atoms with Crippen molar-refractivity contribution in [2.45, 2.75) is 45.9 Å². The third kappa shape index (κ3) is 3.29. The SMILES string of the molecule is CC(=O)C1CC(C)N2CCN(Cc3ccc(C)nc3)C2=C([N+](=O)[O-])C1O. The van der Waals surface area contributed by atoms with E-state index >= 15 is 0 Å². The molecule has 8 heteroatoms. The molecule has 26 heavy (non-hydrogen) atoms. The minimum absolute atomic E-state index is 0.0628. The summed E-state index contributed by atoms with van der Waals surface area (Å²) in [5, 5.41) is 22.4. The van der Waals surface area contributed by atoms with Gasteiger partial charge in [0.15, 0.2) is 11.9 Å². The Morgan fingerprint density at radius 3 is 2.73 bits per heavy atom. The fourth-order valence-corrected chi connectivity index (χ4v) is 3.85. The summed E-state index contributed by atoms with van der Waals surface area (Å²) >= 11 is 0. The number of rotatable bonds is 4. The Labute approximate surface area is 152 Å². The first-order valence-electron chi connectivity index (χ1n) is 8.79. The van der Waals surface area contributed by atoms with Gasteiger partial charge in [-0.3, -0.25) is 19.9 Å². The third-order valence-corrected chi connectivity index (χ3v) is 5.26. The van der Waals surface area contributed by atoms with Gasteiger partial charge >= 0.3 is 5.70 Å². The van der Waals surface area contributed by atoms with Gasteiger partial charge in [0.2, 0.25) is 0 Å². The average molecular weight is 360 g/mol. The lowest BCUT2D eigenvalue weighted by molar-refractivity contribution is -0.440. The summed E-state index contributed by atoms with van der Waals surface area (Å²) in [6.07, 6.45) is 0.762. The summed E-state index contributed by atoms with van der Waals surface area (Å²) in [5.74, 6) is -0.550. The maximum absolute atomic E-state index is 12.0. The van der Waals surface area contributed by atoms with Gasteiger partial charge in [-0.15, -0.1) is 0 Å². The van der Waals surface area contributed by atoms with Crippen molar-refractivity contribution in [1.29, 1.82) is 0 Å². The second kappa shape index (κ2) is 7.03. The number of pyridine rings is 1. The van der Waals surface area contributed by atoms with Crippen LogP contribution in [0.1, 0.15) is 31.5 Å². The second-order valence-corrected chi connectivity index (χ2v) is 7.14. The molecule has 0 radical (unpaired) electrons. The lowest BCUT2D eigenvalue weighted by Crippen LogP contribution is -2.33. The first-order valence-corrected chi connectivity index (χ1v) is 8.79. The highest BCUT2D eigenvalue weighted by molar-refractivity contribution is 5.79. The Morgan fingerprint density at radius 1 is 1.42 bits per heavy atom. The van der Waals surface area contributed by atoms with E-state index in [0.717, 1.165) is 11.3 Å². The van der Waals surface area contributed by atoms with Crippen LogP contribution >= 0.6 is 0 Å². The van der Waals surface area contributed by atoms with E-state index in [4.69, 9.17) is 0 Å². The van der Waals surface area contributed by atoms with Gasteiger partial charge in [0, 0.05) is 37.6 Å². The number of aromatic nitrogens is 1. The van der Waals surface area contributed by atoms with Crippen molar-refractivity contribution in [3.63, 3.8) is 0 Å². The van der Waals surface area contributed by atoms with Gasteiger partial charge < -0.3 is 14.9 Å². The van der Waals surface area contributed by atoms with Gasteiger partial charge in [-0.2, -0.15) is 0 Å². The highest BCUT2D eigenvalue weighted by Gasteiger charge is 2.47. The molecule has 0 saturated carbocycles. The molecule has 8 nitrogen and oxygen atoms in total. The molecule has 0 amide bonds. The fourth-order valence-electron chi connectivity index (χ4n) is 3.85. The van der Waals surface area contributed by atoms with Crippen LogP contribution in [0.4, 0.5) is 0 Å². The Balaban J connectivity index is 2.02. The standard InChI is InChI=1S/C18H24N4O4/c1-11-4-5-14(9-19-11)10-20-6-7-21-12(2)8-15(13(3)23)17(24)16(18(20)21)22(25)26/h4-5,9,12,15,17,24H,6-8,10H2,1-3H3. The van der Waals surface area contributed by atoms with E-state index in [9.17, 15) is 20.0 Å². The molecule has 1 fully saturated rings. The Bertz CT molecular complexity index is 746. The Hall–Kier alpha value is -2.48. The van der Waals surface area contributed by atoms with Crippen molar-refractivity contribution >= 4 is 5.78 Å². The molecule has 2 aliphatic heterocycles. The van der Waals surface area contributed by atoms with E-state index in [-0.39, 0.29) is 17.5 Å². The van der Waals surface area contributed by atoms with Crippen molar-refractivity contribution in [3.8, 4) is 0 Å². The largest absolute Gasteiger partial charge is 0.381 e. The molecule has 1 aromatic heterocycles. The second-order valence-electron chi connectivity index (χ2n) is 7.14. The van der Waals surface area contributed by atoms with Crippen LogP contribution in [0, 0.1) is 23.0 Å². The van der Waals surface area contributed by atoms with E-state index in [0.29, 0.717) is 31.9 Å². The summed E-state index contributed by atoms with van der Waals surface area (Å²) < 4.78 is 0. The number of hydrogen-bond donors (Lipinski definition) is 1. The monoisotopic (exact) mass is 360 g/mol. The fraction of sp³-hybridized carbons (Fsp3) is 0.556. The quantitative estimate of drug-likeness (QED) is 0.638. The molecule has 0 spiro atoms. The zero-order valence-corrected chi connectivity index (χ0v) is 15.3. The number of carbonyl (C=O) groups is 1. The Kier molecular flexibility index (Phi) is 4.95. The van der Waals surface area contributed by atoms with Crippen LogP contribution in [0.25, 0.3) is 0 Å². The zero-order chi connectivity index (χ0) is 19.0. The molecule has 0 aliphatic carbocycles. The van der Waals surface area contributed by atoms with Crippen LogP contribution < -0.4 is 0 Å². The molecule has 1 N–H and O–H groups in total. The maximum atomic E-state index is 12.0. The van der Waals surface area contributed by atoms with Crippen molar-refractivity contribution < 1.29 is 14.8 Å². The van der Waals surface area contributed by atoms with E-state index in [1.54, 1.807) is 6.20 Å². The maximum Gasteiger partial charge on any atom is 0.315 e. The minimum Gasteiger partial charge on any atom is -0.381 e. The summed E-state index contributed by atoms with van der Waals surface area (Å²) in [7, 11) is 0. The van der Waals surface area contributed by atoms with Crippen LogP contribution in [-0.2, 0) is 11.3 Å². The highest BCUT2D eigenvalue weighted by atomic mass is 16.6. The number of Topliss-reactive ketones (excluding diaryl/α,β-unsaturated/α-hetero) is 1. The van der Waals surface area contributed by atoms with Gasteiger partial charge in [0.25, 0.3) is 0 Å². The molecule has 3 atom stereocenters. The Morgan fingerprint density at radius 2 is 2.15 bits per heavy atom. The first kappa shape index (κ1) is 18.3. The smallest absolute Gasteiger partial charge is 0.315 e. The molecule has 3 rings (SSSR count). The predicted octanol–water partition coefficient (Wildman–Crippen LogP) is 1.31. The van der Waals surface area contributed by atoms with Crippen LogP contribution in [0.3, 0.4) is 0 Å². The number of aryl methyl sites for hydroxylation is 1. The lowest BCUT2D eigenvalue weighted by Gasteiger charge is -2.27. The molecular weight excluding hydrogens is 336 g/mol. The number of carbonyl (C=O) groups excluding carboxylic acids is 1. The highest BCUT2D eigenvalue weighted by Crippen LogP contribution is 2.36. The van der Waals surface area contributed by atoms with E-state index in [1.807, 2.05) is 35.8 Å². The summed E-state index contributed by atoms with van der Waals surface area (Å²) in [4.78, 5) is 31.3. The molecule has 140 valence electrons. The van der Waals surface area contributed by atoms with Crippen LogP contribution in [-0.4, -0.2) is 55.8 Å². The number of hydrogen-bond acceptors (Lipinski definition) is 7. The molecule has 2 aliphatic rings. The number of aliphatic hydroxyl groups is 1. The molecule has 3 unspecified atom stereocenters. The van der Waals surface area contributed by atoms with Crippen molar-refractivity contribution in [2.75, 3.05) is 13.1 Å². The van der Waals surface area contributed by atoms with Gasteiger partial charge in [-0.05, 0) is 38.8 Å². The number of ketones is 1. The third-order valence-electron chi connectivity index (χ3n) is 5.26. The summed E-state index contributed by atoms with van der Waals surface area (Å²) in [5.41, 5.74) is 1.58. The average Bonchev–Trinajstić information content (AvgIpc) is 2.92. The van der Waals surface area contributed by atoms with E-state index in [2.05, 4.69) is 4.98 Å². The molecular formula is C18H24N4O4. The molecule has 0 bridgehead atoms.